The number of benzene rings is 1. The molecule has 134 valence electrons. The molecule has 7 heteroatoms. The fourth-order valence-corrected chi connectivity index (χ4v) is 3.11. The van der Waals surface area contributed by atoms with Gasteiger partial charge in [-0.2, -0.15) is 0 Å². The Labute approximate surface area is 147 Å². The molecule has 1 N–H and O–H groups in total. The third-order valence-electron chi connectivity index (χ3n) is 4.61. The number of amides is 2. The number of rotatable bonds is 3. The highest BCUT2D eigenvalue weighted by atomic mass is 19.1. The lowest BCUT2D eigenvalue weighted by atomic mass is 10.1. The van der Waals surface area contributed by atoms with Crippen LogP contribution in [0.4, 0.5) is 9.18 Å². The predicted octanol–water partition coefficient (Wildman–Crippen LogP) is 2.00. The first-order valence-corrected chi connectivity index (χ1v) is 8.52. The first-order chi connectivity index (χ1) is 12.1. The second-order valence-corrected chi connectivity index (χ2v) is 6.44. The Kier molecular flexibility index (Phi) is 5.33. The summed E-state index contributed by atoms with van der Waals surface area (Å²) >= 11 is 0. The standard InChI is InChI=1S/C18H24FN5O/c1-22-9-5-10-24(13-12-22)18(25)21-16(17-20-8-11-23(17)2)14-6-3-4-7-15(14)19/h3-4,6-8,11,16H,5,9-10,12-13H2,1-2H3,(H,21,25)/t16-/m1/s1. The van der Waals surface area contributed by atoms with Crippen molar-refractivity contribution >= 4 is 6.03 Å². The van der Waals surface area contributed by atoms with Gasteiger partial charge in [-0.3, -0.25) is 0 Å². The molecule has 1 saturated heterocycles. The molecule has 0 saturated carbocycles. The molecule has 0 spiro atoms. The number of urea groups is 1. The fourth-order valence-electron chi connectivity index (χ4n) is 3.11. The lowest BCUT2D eigenvalue weighted by molar-refractivity contribution is 0.196. The van der Waals surface area contributed by atoms with Gasteiger partial charge in [0.05, 0.1) is 0 Å². The van der Waals surface area contributed by atoms with Gasteiger partial charge in [0, 0.05) is 44.6 Å². The molecule has 1 aliphatic rings. The van der Waals surface area contributed by atoms with Crippen LogP contribution in [0.3, 0.4) is 0 Å². The van der Waals surface area contributed by atoms with Crippen LogP contribution in [0, 0.1) is 5.82 Å². The van der Waals surface area contributed by atoms with Crippen LogP contribution >= 0.6 is 0 Å². The zero-order valence-corrected chi connectivity index (χ0v) is 14.7. The van der Waals surface area contributed by atoms with Gasteiger partial charge in [0.25, 0.3) is 0 Å². The lowest BCUT2D eigenvalue weighted by Crippen LogP contribution is -2.44. The van der Waals surface area contributed by atoms with Crippen LogP contribution < -0.4 is 5.32 Å². The minimum absolute atomic E-state index is 0.188. The van der Waals surface area contributed by atoms with Crippen molar-refractivity contribution < 1.29 is 9.18 Å². The predicted molar refractivity (Wildman–Crippen MR) is 93.7 cm³/mol. The zero-order chi connectivity index (χ0) is 17.8. The summed E-state index contributed by atoms with van der Waals surface area (Å²) in [5, 5.41) is 2.97. The number of carbonyl (C=O) groups excluding carboxylic acids is 1. The minimum Gasteiger partial charge on any atom is -0.336 e. The first-order valence-electron chi connectivity index (χ1n) is 8.52. The van der Waals surface area contributed by atoms with E-state index in [9.17, 15) is 9.18 Å². The van der Waals surface area contributed by atoms with Crippen molar-refractivity contribution in [2.24, 2.45) is 7.05 Å². The highest BCUT2D eigenvalue weighted by molar-refractivity contribution is 5.75. The SMILES string of the molecule is CN1CCCN(C(=O)N[C@H](c2ccccc2F)c2nccn2C)CC1. The van der Waals surface area contributed by atoms with Crippen LogP contribution in [0.25, 0.3) is 0 Å². The Bertz CT molecular complexity index is 732. The average Bonchev–Trinajstić information content (AvgIpc) is 2.89. The average molecular weight is 345 g/mol. The van der Waals surface area contributed by atoms with E-state index in [0.717, 1.165) is 19.5 Å². The highest BCUT2D eigenvalue weighted by Gasteiger charge is 2.26. The van der Waals surface area contributed by atoms with Gasteiger partial charge in [-0.25, -0.2) is 14.2 Å². The minimum atomic E-state index is -0.630. The normalized spacial score (nSPS) is 17.2. The first kappa shape index (κ1) is 17.4. The second-order valence-electron chi connectivity index (χ2n) is 6.44. The second kappa shape index (κ2) is 7.65. The number of hydrogen-bond acceptors (Lipinski definition) is 3. The zero-order valence-electron chi connectivity index (χ0n) is 14.7. The van der Waals surface area contributed by atoms with Crippen molar-refractivity contribution in [2.45, 2.75) is 12.5 Å². The summed E-state index contributed by atoms with van der Waals surface area (Å²) in [6, 6.07) is 5.67. The molecule has 0 unspecified atom stereocenters. The summed E-state index contributed by atoms with van der Waals surface area (Å²) < 4.78 is 16.2. The quantitative estimate of drug-likeness (QED) is 0.926. The topological polar surface area (TPSA) is 53.4 Å². The van der Waals surface area contributed by atoms with Crippen LogP contribution in [0.1, 0.15) is 23.9 Å². The molecule has 3 rings (SSSR count). The molecule has 1 atom stereocenters. The van der Waals surface area contributed by atoms with Gasteiger partial charge in [-0.15, -0.1) is 0 Å². The molecule has 1 aromatic carbocycles. The van der Waals surface area contributed by atoms with Crippen molar-refractivity contribution in [3.05, 3.63) is 53.9 Å². The maximum absolute atomic E-state index is 14.4. The molecule has 0 bridgehead atoms. The summed E-state index contributed by atoms with van der Waals surface area (Å²) in [5.74, 6) is 0.247. The summed E-state index contributed by atoms with van der Waals surface area (Å²) in [6.45, 7) is 3.16. The summed E-state index contributed by atoms with van der Waals surface area (Å²) in [5.41, 5.74) is 0.414. The molecule has 0 aliphatic carbocycles. The number of aromatic nitrogens is 2. The lowest BCUT2D eigenvalue weighted by Gasteiger charge is -2.26. The number of aryl methyl sites for hydroxylation is 1. The van der Waals surface area contributed by atoms with E-state index >= 15 is 0 Å². The number of carbonyl (C=O) groups is 1. The van der Waals surface area contributed by atoms with E-state index in [0.29, 0.717) is 24.5 Å². The van der Waals surface area contributed by atoms with Crippen molar-refractivity contribution in [3.8, 4) is 0 Å². The van der Waals surface area contributed by atoms with Crippen LogP contribution in [-0.4, -0.2) is 58.6 Å². The molecule has 2 amide bonds. The van der Waals surface area contributed by atoms with E-state index < -0.39 is 6.04 Å². The summed E-state index contributed by atoms with van der Waals surface area (Å²) in [4.78, 5) is 21.1. The Balaban J connectivity index is 1.84. The van der Waals surface area contributed by atoms with Gasteiger partial charge >= 0.3 is 6.03 Å². The third-order valence-corrected chi connectivity index (χ3v) is 4.61. The molecule has 0 radical (unpaired) electrons. The Morgan fingerprint density at radius 3 is 2.72 bits per heavy atom. The van der Waals surface area contributed by atoms with Crippen molar-refractivity contribution in [1.29, 1.82) is 0 Å². The van der Waals surface area contributed by atoms with Gasteiger partial charge in [0.2, 0.25) is 0 Å². The molecule has 1 aromatic heterocycles. The molecule has 25 heavy (non-hydrogen) atoms. The van der Waals surface area contributed by atoms with Crippen LogP contribution in [-0.2, 0) is 7.05 Å². The molecular formula is C18H24FN5O. The van der Waals surface area contributed by atoms with E-state index in [-0.39, 0.29) is 11.8 Å². The Hall–Kier alpha value is -2.41. The van der Waals surface area contributed by atoms with Crippen LogP contribution in [0.15, 0.2) is 36.7 Å². The van der Waals surface area contributed by atoms with E-state index in [1.54, 1.807) is 40.1 Å². The van der Waals surface area contributed by atoms with Crippen molar-refractivity contribution in [3.63, 3.8) is 0 Å². The van der Waals surface area contributed by atoms with E-state index in [4.69, 9.17) is 0 Å². The molecular weight excluding hydrogens is 321 g/mol. The summed E-state index contributed by atoms with van der Waals surface area (Å²) in [6.07, 6.45) is 4.36. The fraction of sp³-hybridized carbons (Fsp3) is 0.444. The van der Waals surface area contributed by atoms with Gasteiger partial charge in [-0.1, -0.05) is 18.2 Å². The molecule has 1 aliphatic heterocycles. The van der Waals surface area contributed by atoms with Gasteiger partial charge in [0.1, 0.15) is 17.7 Å². The monoisotopic (exact) mass is 345 g/mol. The smallest absolute Gasteiger partial charge is 0.318 e. The maximum Gasteiger partial charge on any atom is 0.318 e. The number of halogens is 1. The van der Waals surface area contributed by atoms with Gasteiger partial charge < -0.3 is 19.7 Å². The van der Waals surface area contributed by atoms with E-state index in [2.05, 4.69) is 22.2 Å². The Morgan fingerprint density at radius 1 is 1.20 bits per heavy atom. The number of hydrogen-bond donors (Lipinski definition) is 1. The number of imidazole rings is 1. The van der Waals surface area contributed by atoms with Gasteiger partial charge in [-0.05, 0) is 26.1 Å². The molecule has 2 aromatic rings. The third kappa shape index (κ3) is 3.99. The van der Waals surface area contributed by atoms with E-state index in [1.807, 2.05) is 7.05 Å². The van der Waals surface area contributed by atoms with Gasteiger partial charge in [0.15, 0.2) is 0 Å². The number of nitrogens with one attached hydrogen (secondary N) is 1. The summed E-state index contributed by atoms with van der Waals surface area (Å²) in [7, 11) is 3.89. The highest BCUT2D eigenvalue weighted by Crippen LogP contribution is 2.23. The van der Waals surface area contributed by atoms with E-state index in [1.165, 1.54) is 6.07 Å². The maximum atomic E-state index is 14.4. The molecule has 1 fully saturated rings. The Morgan fingerprint density at radius 2 is 2.00 bits per heavy atom. The largest absolute Gasteiger partial charge is 0.336 e. The van der Waals surface area contributed by atoms with Crippen LogP contribution in [0.2, 0.25) is 0 Å². The van der Waals surface area contributed by atoms with Crippen molar-refractivity contribution in [2.75, 3.05) is 33.2 Å². The molecule has 2 heterocycles. The molecule has 6 nitrogen and oxygen atoms in total. The number of likely N-dealkylation sites (N-methyl/N-ethyl adjacent to an activating group) is 1. The van der Waals surface area contributed by atoms with Crippen LogP contribution in [0.5, 0.6) is 0 Å². The van der Waals surface area contributed by atoms with Crippen molar-refractivity contribution in [1.82, 2.24) is 24.7 Å². The number of nitrogens with zero attached hydrogens (tertiary/aromatic N) is 4.